The third kappa shape index (κ3) is 4.96. The molecule has 0 aliphatic rings. The fourth-order valence-corrected chi connectivity index (χ4v) is 7.56. The zero-order valence-electron chi connectivity index (χ0n) is 28.8. The maximum atomic E-state index is 6.54. The summed E-state index contributed by atoms with van der Waals surface area (Å²) in [6.07, 6.45) is 0. The van der Waals surface area contributed by atoms with Crippen LogP contribution in [0.2, 0.25) is 0 Å². The van der Waals surface area contributed by atoms with Crippen LogP contribution in [0.5, 0.6) is 0 Å². The van der Waals surface area contributed by atoms with Crippen molar-refractivity contribution in [1.82, 2.24) is 19.9 Å². The molecule has 0 fully saturated rings. The largest absolute Gasteiger partial charge is 0.456 e. The molecule has 0 N–H and O–H groups in total. The van der Waals surface area contributed by atoms with Gasteiger partial charge in [0.05, 0.1) is 0 Å². The number of oxazole rings is 1. The maximum Gasteiger partial charge on any atom is 0.227 e. The number of para-hydroxylation sites is 1. The van der Waals surface area contributed by atoms with Crippen molar-refractivity contribution in [2.45, 2.75) is 0 Å². The van der Waals surface area contributed by atoms with Crippen LogP contribution < -0.4 is 0 Å². The minimum absolute atomic E-state index is 0.551. The fourth-order valence-electron chi connectivity index (χ4n) is 7.56. The molecule has 252 valence electrons. The van der Waals surface area contributed by atoms with Gasteiger partial charge in [-0.15, -0.1) is 0 Å². The molecular weight excluding hydrogens is 665 g/mol. The highest BCUT2D eigenvalue weighted by atomic mass is 16.3. The van der Waals surface area contributed by atoms with Gasteiger partial charge >= 0.3 is 0 Å². The lowest BCUT2D eigenvalue weighted by atomic mass is 10.00. The van der Waals surface area contributed by atoms with Crippen molar-refractivity contribution in [1.29, 1.82) is 0 Å². The monoisotopic (exact) mass is 692 g/mol. The Labute approximate surface area is 309 Å². The summed E-state index contributed by atoms with van der Waals surface area (Å²) in [5.74, 6) is 2.29. The Morgan fingerprint density at radius 3 is 1.91 bits per heavy atom. The summed E-state index contributed by atoms with van der Waals surface area (Å²) in [6, 6.07) is 57.7. The van der Waals surface area contributed by atoms with Crippen LogP contribution in [-0.2, 0) is 0 Å². The number of hydrogen-bond acceptors (Lipinski definition) is 6. The van der Waals surface area contributed by atoms with Crippen molar-refractivity contribution >= 4 is 54.6 Å². The van der Waals surface area contributed by atoms with E-state index in [4.69, 9.17) is 28.8 Å². The van der Waals surface area contributed by atoms with Crippen molar-refractivity contribution in [3.05, 3.63) is 170 Å². The molecule has 3 aromatic heterocycles. The van der Waals surface area contributed by atoms with E-state index < -0.39 is 0 Å². The minimum Gasteiger partial charge on any atom is -0.456 e. The van der Waals surface area contributed by atoms with Crippen LogP contribution in [0.25, 0.3) is 111 Å². The Hall–Kier alpha value is -7.44. The zero-order chi connectivity index (χ0) is 35.6. The highest BCUT2D eigenvalue weighted by molar-refractivity contribution is 6.11. The van der Waals surface area contributed by atoms with E-state index in [1.807, 2.05) is 78.9 Å². The van der Waals surface area contributed by atoms with E-state index in [9.17, 15) is 0 Å². The third-order valence-corrected chi connectivity index (χ3v) is 10.2. The highest BCUT2D eigenvalue weighted by Crippen LogP contribution is 2.38. The van der Waals surface area contributed by atoms with Gasteiger partial charge in [0.1, 0.15) is 16.7 Å². The summed E-state index contributed by atoms with van der Waals surface area (Å²) in [5.41, 5.74) is 8.91. The SMILES string of the molecule is c1ccc(-c2nc3ccc4cccc(-c5nc(-c6cccc(-c7ccc8oc9ccccc9c8c7)c6)nc(-c6cccc7ccccc67)n5)c4c3o2)cc1. The lowest BCUT2D eigenvalue weighted by Gasteiger charge is -2.12. The zero-order valence-corrected chi connectivity index (χ0v) is 28.8. The van der Waals surface area contributed by atoms with E-state index in [0.717, 1.165) is 82.4 Å². The van der Waals surface area contributed by atoms with E-state index in [1.54, 1.807) is 0 Å². The molecule has 11 aromatic rings. The Bertz CT molecular complexity index is 3230. The van der Waals surface area contributed by atoms with Crippen LogP contribution in [-0.4, -0.2) is 19.9 Å². The maximum absolute atomic E-state index is 6.54. The Morgan fingerprint density at radius 2 is 1.00 bits per heavy atom. The molecule has 0 amide bonds. The standard InChI is InChI=1S/C48H28N4O2/c1-2-12-31(13-3-1)48-49-40-25-23-30-15-10-21-38(43(30)44(40)54-48)47-51-45(50-46(52-47)37-20-9-14-29-11-4-5-18-35(29)37)34-17-8-16-32(27-34)33-24-26-42-39(28-33)36-19-6-7-22-41(36)53-42/h1-28H. The van der Waals surface area contributed by atoms with Gasteiger partial charge in [0.2, 0.25) is 5.89 Å². The molecule has 0 radical (unpaired) electrons. The summed E-state index contributed by atoms with van der Waals surface area (Å²) in [5, 5.41) is 6.28. The van der Waals surface area contributed by atoms with Crippen LogP contribution in [0, 0.1) is 0 Å². The van der Waals surface area contributed by atoms with Gasteiger partial charge in [0.15, 0.2) is 23.1 Å². The molecule has 8 aromatic carbocycles. The van der Waals surface area contributed by atoms with E-state index in [-0.39, 0.29) is 0 Å². The van der Waals surface area contributed by atoms with Gasteiger partial charge in [-0.05, 0) is 69.8 Å². The van der Waals surface area contributed by atoms with Gasteiger partial charge in [-0.3, -0.25) is 0 Å². The summed E-state index contributed by atoms with van der Waals surface area (Å²) in [4.78, 5) is 20.5. The molecule has 6 nitrogen and oxygen atoms in total. The van der Waals surface area contributed by atoms with Crippen molar-refractivity contribution in [3.8, 4) is 56.7 Å². The first-order valence-corrected chi connectivity index (χ1v) is 17.9. The number of benzene rings is 8. The molecule has 0 saturated heterocycles. The number of nitrogens with zero attached hydrogens (tertiary/aromatic N) is 4. The summed E-state index contributed by atoms with van der Waals surface area (Å²) in [7, 11) is 0. The molecule has 0 spiro atoms. The number of hydrogen-bond donors (Lipinski definition) is 0. The predicted molar refractivity (Wildman–Crippen MR) is 217 cm³/mol. The van der Waals surface area contributed by atoms with E-state index >= 15 is 0 Å². The van der Waals surface area contributed by atoms with Crippen LogP contribution in [0.1, 0.15) is 0 Å². The van der Waals surface area contributed by atoms with Crippen molar-refractivity contribution in [3.63, 3.8) is 0 Å². The average Bonchev–Trinajstić information content (AvgIpc) is 3.85. The Kier molecular flexibility index (Phi) is 6.75. The number of furan rings is 1. The van der Waals surface area contributed by atoms with Crippen molar-refractivity contribution in [2.75, 3.05) is 0 Å². The molecule has 0 saturated carbocycles. The van der Waals surface area contributed by atoms with Gasteiger partial charge in [-0.2, -0.15) is 0 Å². The molecule has 0 aliphatic heterocycles. The lowest BCUT2D eigenvalue weighted by molar-refractivity contribution is 0.623. The molecule has 0 unspecified atom stereocenters. The molecule has 0 aliphatic carbocycles. The summed E-state index contributed by atoms with van der Waals surface area (Å²) < 4.78 is 12.7. The highest BCUT2D eigenvalue weighted by Gasteiger charge is 2.20. The first-order chi connectivity index (χ1) is 26.7. The van der Waals surface area contributed by atoms with Crippen molar-refractivity contribution < 1.29 is 8.83 Å². The third-order valence-electron chi connectivity index (χ3n) is 10.2. The molecule has 54 heavy (non-hydrogen) atoms. The van der Waals surface area contributed by atoms with E-state index in [0.29, 0.717) is 28.9 Å². The van der Waals surface area contributed by atoms with Crippen molar-refractivity contribution in [2.24, 2.45) is 0 Å². The van der Waals surface area contributed by atoms with Gasteiger partial charge in [-0.1, -0.05) is 127 Å². The molecule has 3 heterocycles. The average molecular weight is 693 g/mol. The molecule has 0 atom stereocenters. The second kappa shape index (κ2) is 12.1. The summed E-state index contributed by atoms with van der Waals surface area (Å²) >= 11 is 0. The number of rotatable bonds is 5. The molecular formula is C48H28N4O2. The van der Waals surface area contributed by atoms with Gasteiger partial charge in [0, 0.05) is 38.4 Å². The van der Waals surface area contributed by atoms with Crippen LogP contribution in [0.15, 0.2) is 179 Å². The normalized spacial score (nSPS) is 11.7. The quantitative estimate of drug-likeness (QED) is 0.179. The van der Waals surface area contributed by atoms with Crippen LogP contribution >= 0.6 is 0 Å². The summed E-state index contributed by atoms with van der Waals surface area (Å²) in [6.45, 7) is 0. The lowest BCUT2D eigenvalue weighted by Crippen LogP contribution is -2.01. The number of fused-ring (bicyclic) bond motifs is 7. The smallest absolute Gasteiger partial charge is 0.227 e. The van der Waals surface area contributed by atoms with Gasteiger partial charge < -0.3 is 8.83 Å². The fraction of sp³-hybridized carbons (Fsp3) is 0. The molecule has 0 bridgehead atoms. The molecule has 11 rings (SSSR count). The first-order valence-electron chi connectivity index (χ1n) is 17.9. The van der Waals surface area contributed by atoms with Crippen LogP contribution in [0.3, 0.4) is 0 Å². The topological polar surface area (TPSA) is 77.8 Å². The van der Waals surface area contributed by atoms with Gasteiger partial charge in [-0.25, -0.2) is 19.9 Å². The van der Waals surface area contributed by atoms with E-state index in [2.05, 4.69) is 91.0 Å². The Balaban J connectivity index is 1.12. The minimum atomic E-state index is 0.551. The predicted octanol–water partition coefficient (Wildman–Crippen LogP) is 12.6. The van der Waals surface area contributed by atoms with Crippen LogP contribution in [0.4, 0.5) is 0 Å². The molecule has 6 heteroatoms. The second-order valence-corrected chi connectivity index (χ2v) is 13.4. The van der Waals surface area contributed by atoms with Gasteiger partial charge in [0.25, 0.3) is 0 Å². The second-order valence-electron chi connectivity index (χ2n) is 13.4. The Morgan fingerprint density at radius 1 is 0.352 bits per heavy atom. The van der Waals surface area contributed by atoms with E-state index in [1.165, 1.54) is 0 Å². The first kappa shape index (κ1) is 30.2. The number of aromatic nitrogens is 4.